The molecule has 0 amide bonds. The molecule has 2 heterocycles. The number of ether oxygens (including phenoxy) is 1. The van der Waals surface area contributed by atoms with E-state index in [0.717, 1.165) is 5.82 Å². The van der Waals surface area contributed by atoms with Gasteiger partial charge in [-0.2, -0.15) is 0 Å². The molecule has 1 aromatic rings. The van der Waals surface area contributed by atoms with Crippen LogP contribution >= 0.6 is 0 Å². The molecule has 0 unspecified atom stereocenters. The Morgan fingerprint density at radius 2 is 2.47 bits per heavy atom. The first-order valence-electron chi connectivity index (χ1n) is 4.83. The van der Waals surface area contributed by atoms with Crippen molar-refractivity contribution in [2.75, 3.05) is 25.1 Å². The van der Waals surface area contributed by atoms with E-state index in [0.29, 0.717) is 18.7 Å². The van der Waals surface area contributed by atoms with Gasteiger partial charge in [0.05, 0.1) is 24.9 Å². The lowest BCUT2D eigenvalue weighted by Crippen LogP contribution is -2.29. The lowest BCUT2D eigenvalue weighted by molar-refractivity contribution is -0.138. The molecule has 0 aliphatic carbocycles. The maximum absolute atomic E-state index is 11.5. The Kier molecular flexibility index (Phi) is 2.45. The number of rotatable bonds is 2. The number of esters is 1. The van der Waals surface area contributed by atoms with Gasteiger partial charge in [-0.3, -0.25) is 4.57 Å². The summed E-state index contributed by atoms with van der Waals surface area (Å²) in [4.78, 5) is 17.5. The van der Waals surface area contributed by atoms with Gasteiger partial charge in [-0.05, 0) is 6.92 Å². The van der Waals surface area contributed by atoms with Crippen LogP contribution in [0.25, 0.3) is 6.20 Å². The molecular formula is C10H13N3O2. The molecule has 0 saturated carbocycles. The summed E-state index contributed by atoms with van der Waals surface area (Å²) < 4.78 is 6.77. The molecule has 0 bridgehead atoms. The fraction of sp³-hybridized carbons (Fsp3) is 0.400. The first kappa shape index (κ1) is 9.76. The first-order chi connectivity index (χ1) is 7.22. The van der Waals surface area contributed by atoms with Gasteiger partial charge in [0.2, 0.25) is 0 Å². The predicted molar refractivity (Wildman–Crippen MR) is 56.4 cm³/mol. The maximum Gasteiger partial charge on any atom is 0.337 e. The predicted octanol–water partition coefficient (Wildman–Crippen LogP) is 0.737. The minimum absolute atomic E-state index is 0.260. The van der Waals surface area contributed by atoms with Crippen molar-refractivity contribution in [2.24, 2.45) is 0 Å². The number of imidazole rings is 1. The number of likely N-dealkylation sites (N-methyl/N-ethyl adjacent to an activating group) is 1. The van der Waals surface area contributed by atoms with Gasteiger partial charge in [-0.15, -0.1) is 0 Å². The fourth-order valence-electron chi connectivity index (χ4n) is 1.58. The summed E-state index contributed by atoms with van der Waals surface area (Å²) in [5.41, 5.74) is 0.643. The van der Waals surface area contributed by atoms with Crippen LogP contribution in [0.4, 0.5) is 5.82 Å². The van der Waals surface area contributed by atoms with E-state index in [-0.39, 0.29) is 5.97 Å². The number of carbonyl (C=O) groups is 1. The number of hydrogen-bond donors (Lipinski definition) is 0. The molecule has 1 aromatic heterocycles. The van der Waals surface area contributed by atoms with Gasteiger partial charge in [0.15, 0.2) is 0 Å². The molecule has 0 N–H and O–H groups in total. The highest BCUT2D eigenvalue weighted by atomic mass is 16.5. The largest absolute Gasteiger partial charge is 0.463 e. The minimum Gasteiger partial charge on any atom is -0.463 e. The summed E-state index contributed by atoms with van der Waals surface area (Å²) in [6.45, 7) is 2.76. The third-order valence-electron chi connectivity index (χ3n) is 2.28. The fourth-order valence-corrected chi connectivity index (χ4v) is 1.58. The number of hydrogen-bond acceptors (Lipinski definition) is 4. The molecule has 0 fully saturated rings. The first-order valence-corrected chi connectivity index (χ1v) is 4.83. The molecule has 15 heavy (non-hydrogen) atoms. The Hall–Kier alpha value is -1.78. The molecule has 0 atom stereocenters. The van der Waals surface area contributed by atoms with Crippen LogP contribution in [-0.2, 0) is 9.53 Å². The van der Waals surface area contributed by atoms with E-state index in [1.54, 1.807) is 25.6 Å². The quantitative estimate of drug-likeness (QED) is 0.671. The molecular weight excluding hydrogens is 194 g/mol. The third-order valence-corrected chi connectivity index (χ3v) is 2.28. The van der Waals surface area contributed by atoms with Gasteiger partial charge in [-0.1, -0.05) is 0 Å². The summed E-state index contributed by atoms with van der Waals surface area (Å²) in [7, 11) is 1.92. The van der Waals surface area contributed by atoms with E-state index in [1.807, 2.05) is 16.5 Å². The molecule has 80 valence electrons. The van der Waals surface area contributed by atoms with Gasteiger partial charge >= 0.3 is 5.97 Å². The Morgan fingerprint density at radius 3 is 3.20 bits per heavy atom. The van der Waals surface area contributed by atoms with Crippen LogP contribution in [0.3, 0.4) is 0 Å². The van der Waals surface area contributed by atoms with Crippen LogP contribution in [0.1, 0.15) is 6.92 Å². The Bertz CT molecular complexity index is 409. The van der Waals surface area contributed by atoms with Crippen LogP contribution in [0, 0.1) is 0 Å². The summed E-state index contributed by atoms with van der Waals surface area (Å²) in [5.74, 6) is 0.715. The van der Waals surface area contributed by atoms with Crippen molar-refractivity contribution in [3.63, 3.8) is 0 Å². The highest BCUT2D eigenvalue weighted by Crippen LogP contribution is 2.20. The second kappa shape index (κ2) is 3.76. The third kappa shape index (κ3) is 1.72. The summed E-state index contributed by atoms with van der Waals surface area (Å²) in [5, 5.41) is 0. The molecule has 0 radical (unpaired) electrons. The van der Waals surface area contributed by atoms with Gasteiger partial charge in [0.1, 0.15) is 12.1 Å². The lowest BCUT2D eigenvalue weighted by Gasteiger charge is -2.24. The van der Waals surface area contributed by atoms with E-state index in [9.17, 15) is 4.79 Å². The van der Waals surface area contributed by atoms with Crippen molar-refractivity contribution in [2.45, 2.75) is 6.92 Å². The van der Waals surface area contributed by atoms with Crippen LogP contribution in [-0.4, -0.2) is 35.7 Å². The number of anilines is 1. The lowest BCUT2D eigenvalue weighted by atomic mass is 10.2. The normalized spacial score (nSPS) is 14.5. The molecule has 0 spiro atoms. The minimum atomic E-state index is -0.260. The van der Waals surface area contributed by atoms with Crippen molar-refractivity contribution in [3.8, 4) is 0 Å². The zero-order valence-electron chi connectivity index (χ0n) is 8.80. The second-order valence-electron chi connectivity index (χ2n) is 3.39. The molecule has 1 aliphatic rings. The van der Waals surface area contributed by atoms with Crippen molar-refractivity contribution >= 4 is 18.0 Å². The zero-order chi connectivity index (χ0) is 10.8. The van der Waals surface area contributed by atoms with E-state index < -0.39 is 0 Å². The van der Waals surface area contributed by atoms with E-state index in [1.165, 1.54) is 0 Å². The van der Waals surface area contributed by atoms with Gasteiger partial charge in [0, 0.05) is 13.2 Å². The van der Waals surface area contributed by atoms with E-state index >= 15 is 0 Å². The highest BCUT2D eigenvalue weighted by Gasteiger charge is 2.20. The monoisotopic (exact) mass is 207 g/mol. The molecule has 5 heteroatoms. The average molecular weight is 207 g/mol. The van der Waals surface area contributed by atoms with Gasteiger partial charge in [0.25, 0.3) is 0 Å². The maximum atomic E-state index is 11.5. The van der Waals surface area contributed by atoms with Crippen LogP contribution in [0.5, 0.6) is 0 Å². The Labute approximate surface area is 88.0 Å². The summed E-state index contributed by atoms with van der Waals surface area (Å²) >= 11 is 0. The smallest absolute Gasteiger partial charge is 0.337 e. The topological polar surface area (TPSA) is 47.4 Å². The number of nitrogens with zero attached hydrogens (tertiary/aromatic N) is 3. The Balaban J connectivity index is 2.27. The number of fused-ring (bicyclic) bond motifs is 1. The van der Waals surface area contributed by atoms with Gasteiger partial charge < -0.3 is 9.64 Å². The molecule has 1 aliphatic heterocycles. The van der Waals surface area contributed by atoms with Crippen LogP contribution in [0.15, 0.2) is 18.1 Å². The number of aromatic nitrogens is 2. The van der Waals surface area contributed by atoms with Gasteiger partial charge in [-0.25, -0.2) is 9.78 Å². The molecule has 5 nitrogen and oxygen atoms in total. The highest BCUT2D eigenvalue weighted by molar-refractivity contribution is 5.93. The van der Waals surface area contributed by atoms with Crippen molar-refractivity contribution in [1.82, 2.24) is 9.55 Å². The zero-order valence-corrected chi connectivity index (χ0v) is 8.80. The number of carbonyl (C=O) groups excluding carboxylic acids is 1. The SMILES string of the molecule is CCOC(=O)C1=Cn2cncc2N(C)C1. The van der Waals surface area contributed by atoms with E-state index in [4.69, 9.17) is 4.74 Å². The second-order valence-corrected chi connectivity index (χ2v) is 3.39. The summed E-state index contributed by atoms with van der Waals surface area (Å²) in [6.07, 6.45) is 5.20. The van der Waals surface area contributed by atoms with E-state index in [2.05, 4.69) is 4.98 Å². The van der Waals surface area contributed by atoms with Crippen LogP contribution < -0.4 is 4.90 Å². The Morgan fingerprint density at radius 1 is 1.67 bits per heavy atom. The van der Waals surface area contributed by atoms with Crippen molar-refractivity contribution < 1.29 is 9.53 Å². The standard InChI is InChI=1S/C10H13N3O2/c1-3-15-10(14)8-5-12(2)9-4-11-7-13(9)6-8/h4,6-7H,3,5H2,1-2H3. The van der Waals surface area contributed by atoms with Crippen LogP contribution in [0.2, 0.25) is 0 Å². The van der Waals surface area contributed by atoms with Crippen molar-refractivity contribution in [3.05, 3.63) is 18.1 Å². The molecule has 2 rings (SSSR count). The molecule has 0 aromatic carbocycles. The molecule has 0 saturated heterocycles. The average Bonchev–Trinajstić information content (AvgIpc) is 2.66. The summed E-state index contributed by atoms with van der Waals surface area (Å²) in [6, 6.07) is 0. The van der Waals surface area contributed by atoms with Crippen molar-refractivity contribution in [1.29, 1.82) is 0 Å².